The molecule has 0 aromatic carbocycles. The highest BCUT2D eigenvalue weighted by atomic mass is 16.1. The Balaban J connectivity index is 2.19. The van der Waals surface area contributed by atoms with Crippen LogP contribution < -0.4 is 10.6 Å². The summed E-state index contributed by atoms with van der Waals surface area (Å²) in [5.74, 6) is 1.68. The number of amides is 1. The van der Waals surface area contributed by atoms with Crippen molar-refractivity contribution in [3.8, 4) is 0 Å². The first-order valence-corrected chi connectivity index (χ1v) is 6.63. The number of carbonyl (C=O) groups is 1. The second-order valence-corrected chi connectivity index (χ2v) is 5.23. The van der Waals surface area contributed by atoms with Gasteiger partial charge in [-0.15, -0.1) is 0 Å². The largest absolute Gasteiger partial charge is 0.355 e. The molecular weight excluding hydrogens is 200 g/mol. The summed E-state index contributed by atoms with van der Waals surface area (Å²) in [4.78, 5) is 11.4. The van der Waals surface area contributed by atoms with Gasteiger partial charge >= 0.3 is 0 Å². The second-order valence-electron chi connectivity index (χ2n) is 5.23. The molecule has 3 atom stereocenters. The van der Waals surface area contributed by atoms with Gasteiger partial charge < -0.3 is 10.6 Å². The third kappa shape index (κ3) is 4.52. The Bertz CT molecular complexity index is 218. The van der Waals surface area contributed by atoms with E-state index in [0.717, 1.165) is 18.9 Å². The van der Waals surface area contributed by atoms with Gasteiger partial charge in [0.05, 0.1) is 6.54 Å². The minimum atomic E-state index is 0.132. The van der Waals surface area contributed by atoms with Crippen molar-refractivity contribution in [2.45, 2.75) is 52.5 Å². The van der Waals surface area contributed by atoms with Gasteiger partial charge in [0.2, 0.25) is 5.91 Å². The quantitative estimate of drug-likeness (QED) is 0.752. The van der Waals surface area contributed by atoms with Gasteiger partial charge in [0, 0.05) is 12.6 Å². The van der Waals surface area contributed by atoms with Crippen molar-refractivity contribution in [2.75, 3.05) is 13.1 Å². The van der Waals surface area contributed by atoms with E-state index in [0.29, 0.717) is 18.5 Å². The fourth-order valence-corrected chi connectivity index (χ4v) is 2.52. The van der Waals surface area contributed by atoms with Crippen molar-refractivity contribution in [1.29, 1.82) is 0 Å². The van der Waals surface area contributed by atoms with Crippen LogP contribution in [-0.2, 0) is 4.79 Å². The Morgan fingerprint density at radius 1 is 1.31 bits per heavy atom. The highest BCUT2D eigenvalue weighted by Crippen LogP contribution is 2.28. The summed E-state index contributed by atoms with van der Waals surface area (Å²) in [6.45, 7) is 7.94. The van der Waals surface area contributed by atoms with Gasteiger partial charge in [0.1, 0.15) is 0 Å². The summed E-state index contributed by atoms with van der Waals surface area (Å²) in [7, 11) is 0. The Hall–Kier alpha value is -0.570. The van der Waals surface area contributed by atoms with Crippen LogP contribution in [0.15, 0.2) is 0 Å². The average Bonchev–Trinajstić information content (AvgIpc) is 2.25. The smallest absolute Gasteiger partial charge is 0.233 e. The second kappa shape index (κ2) is 6.89. The minimum Gasteiger partial charge on any atom is -0.355 e. The summed E-state index contributed by atoms with van der Waals surface area (Å²) >= 11 is 0. The molecule has 1 fully saturated rings. The van der Waals surface area contributed by atoms with Crippen molar-refractivity contribution < 1.29 is 4.79 Å². The third-order valence-electron chi connectivity index (χ3n) is 3.53. The standard InChI is InChI=1S/C13H26N2O/c1-4-7-14-13(16)9-15-12-6-5-10(2)8-11(12)3/h10-12,15H,4-9H2,1-3H3,(H,14,16). The van der Waals surface area contributed by atoms with E-state index < -0.39 is 0 Å². The summed E-state index contributed by atoms with van der Waals surface area (Å²) in [5.41, 5.74) is 0. The van der Waals surface area contributed by atoms with Gasteiger partial charge in [0.15, 0.2) is 0 Å². The molecule has 0 aromatic rings. The molecule has 0 spiro atoms. The lowest BCUT2D eigenvalue weighted by Gasteiger charge is -2.33. The first-order valence-electron chi connectivity index (χ1n) is 6.63. The molecular formula is C13H26N2O. The molecule has 0 radical (unpaired) electrons. The fraction of sp³-hybridized carbons (Fsp3) is 0.923. The highest BCUT2D eigenvalue weighted by molar-refractivity contribution is 5.77. The minimum absolute atomic E-state index is 0.132. The number of nitrogens with one attached hydrogen (secondary N) is 2. The Labute approximate surface area is 99.4 Å². The highest BCUT2D eigenvalue weighted by Gasteiger charge is 2.24. The lowest BCUT2D eigenvalue weighted by atomic mass is 9.80. The SMILES string of the molecule is CCCNC(=O)CNC1CCC(C)CC1C. The van der Waals surface area contributed by atoms with Gasteiger partial charge in [0.25, 0.3) is 0 Å². The Morgan fingerprint density at radius 3 is 2.69 bits per heavy atom. The first-order chi connectivity index (χ1) is 7.63. The molecule has 0 saturated heterocycles. The maximum absolute atomic E-state index is 11.4. The number of hydrogen-bond acceptors (Lipinski definition) is 2. The van der Waals surface area contributed by atoms with Gasteiger partial charge in [-0.2, -0.15) is 0 Å². The molecule has 0 aliphatic heterocycles. The summed E-state index contributed by atoms with van der Waals surface area (Å²) in [6, 6.07) is 0.531. The van der Waals surface area contributed by atoms with Gasteiger partial charge in [-0.1, -0.05) is 20.8 Å². The zero-order chi connectivity index (χ0) is 12.0. The molecule has 3 heteroatoms. The van der Waals surface area contributed by atoms with Crippen LogP contribution in [0.25, 0.3) is 0 Å². The molecule has 3 unspecified atom stereocenters. The van der Waals surface area contributed by atoms with E-state index in [1.165, 1.54) is 19.3 Å². The summed E-state index contributed by atoms with van der Waals surface area (Å²) < 4.78 is 0. The molecule has 1 aliphatic carbocycles. The van der Waals surface area contributed by atoms with Crippen LogP contribution in [0.2, 0.25) is 0 Å². The van der Waals surface area contributed by atoms with E-state index in [9.17, 15) is 4.79 Å². The molecule has 0 heterocycles. The van der Waals surface area contributed by atoms with Gasteiger partial charge in [-0.3, -0.25) is 4.79 Å². The molecule has 1 aliphatic rings. The van der Waals surface area contributed by atoms with E-state index in [4.69, 9.17) is 0 Å². The van der Waals surface area contributed by atoms with Crippen molar-refractivity contribution in [2.24, 2.45) is 11.8 Å². The lowest BCUT2D eigenvalue weighted by Crippen LogP contribution is -2.44. The van der Waals surface area contributed by atoms with Crippen LogP contribution in [0.4, 0.5) is 0 Å². The van der Waals surface area contributed by atoms with E-state index in [-0.39, 0.29) is 5.91 Å². The molecule has 2 N–H and O–H groups in total. The zero-order valence-corrected chi connectivity index (χ0v) is 10.9. The van der Waals surface area contributed by atoms with Gasteiger partial charge in [-0.25, -0.2) is 0 Å². The molecule has 3 nitrogen and oxygen atoms in total. The van der Waals surface area contributed by atoms with Crippen molar-refractivity contribution >= 4 is 5.91 Å². The maximum atomic E-state index is 11.4. The zero-order valence-electron chi connectivity index (χ0n) is 10.9. The number of rotatable bonds is 5. The monoisotopic (exact) mass is 226 g/mol. The normalized spacial score (nSPS) is 30.1. The predicted octanol–water partition coefficient (Wildman–Crippen LogP) is 1.93. The maximum Gasteiger partial charge on any atom is 0.233 e. The number of carbonyl (C=O) groups excluding carboxylic acids is 1. The van der Waals surface area contributed by atoms with Crippen molar-refractivity contribution in [3.05, 3.63) is 0 Å². The summed E-state index contributed by atoms with van der Waals surface area (Å²) in [6.07, 6.45) is 4.79. The van der Waals surface area contributed by atoms with E-state index in [2.05, 4.69) is 31.4 Å². The lowest BCUT2D eigenvalue weighted by molar-refractivity contribution is -0.120. The molecule has 0 aromatic heterocycles. The van der Waals surface area contributed by atoms with Crippen LogP contribution in [0.5, 0.6) is 0 Å². The fourth-order valence-electron chi connectivity index (χ4n) is 2.52. The summed E-state index contributed by atoms with van der Waals surface area (Å²) in [5, 5.41) is 6.28. The van der Waals surface area contributed by atoms with Crippen LogP contribution >= 0.6 is 0 Å². The number of hydrogen-bond donors (Lipinski definition) is 2. The third-order valence-corrected chi connectivity index (χ3v) is 3.53. The molecule has 16 heavy (non-hydrogen) atoms. The molecule has 1 amide bonds. The predicted molar refractivity (Wildman–Crippen MR) is 67.3 cm³/mol. The Morgan fingerprint density at radius 2 is 2.06 bits per heavy atom. The molecule has 94 valence electrons. The van der Waals surface area contributed by atoms with Crippen LogP contribution in [-0.4, -0.2) is 25.0 Å². The topological polar surface area (TPSA) is 41.1 Å². The Kier molecular flexibility index (Phi) is 5.81. The van der Waals surface area contributed by atoms with Crippen molar-refractivity contribution in [3.63, 3.8) is 0 Å². The average molecular weight is 226 g/mol. The van der Waals surface area contributed by atoms with Crippen molar-refractivity contribution in [1.82, 2.24) is 10.6 Å². The molecule has 0 bridgehead atoms. The van der Waals surface area contributed by atoms with E-state index >= 15 is 0 Å². The van der Waals surface area contributed by atoms with E-state index in [1.807, 2.05) is 0 Å². The molecule has 1 rings (SSSR count). The van der Waals surface area contributed by atoms with Crippen LogP contribution in [0, 0.1) is 11.8 Å². The molecule has 1 saturated carbocycles. The van der Waals surface area contributed by atoms with Gasteiger partial charge in [-0.05, 0) is 37.5 Å². The van der Waals surface area contributed by atoms with E-state index in [1.54, 1.807) is 0 Å². The van der Waals surface area contributed by atoms with Crippen LogP contribution in [0.1, 0.15) is 46.5 Å². The first kappa shape index (κ1) is 13.5. The van der Waals surface area contributed by atoms with Crippen LogP contribution in [0.3, 0.4) is 0 Å².